The van der Waals surface area contributed by atoms with Crippen LogP contribution in [0.4, 0.5) is 4.79 Å². The van der Waals surface area contributed by atoms with Crippen molar-refractivity contribution >= 4 is 11.9 Å². The number of phenols is 1. The lowest BCUT2D eigenvalue weighted by atomic mass is 10.1. The van der Waals surface area contributed by atoms with E-state index in [-0.39, 0.29) is 23.7 Å². The predicted octanol–water partition coefficient (Wildman–Crippen LogP) is 3.36. The summed E-state index contributed by atoms with van der Waals surface area (Å²) >= 11 is 0. The third kappa shape index (κ3) is 9.93. The number of amides is 3. The summed E-state index contributed by atoms with van der Waals surface area (Å²) in [5, 5.41) is 16.1. The minimum atomic E-state index is -0.0956. The molecule has 2 aliphatic heterocycles. The van der Waals surface area contributed by atoms with Gasteiger partial charge >= 0.3 is 6.03 Å². The highest BCUT2D eigenvalue weighted by molar-refractivity contribution is 5.94. The Balaban J connectivity index is 0.000000216. The van der Waals surface area contributed by atoms with Crippen molar-refractivity contribution in [2.75, 3.05) is 60.2 Å². The van der Waals surface area contributed by atoms with Crippen molar-refractivity contribution in [1.29, 1.82) is 0 Å². The number of nitrogens with zero attached hydrogens (tertiary/aromatic N) is 2. The van der Waals surface area contributed by atoms with Crippen LogP contribution in [0.2, 0.25) is 0 Å². The number of nitrogens with one attached hydrogen (secondary N) is 2. The van der Waals surface area contributed by atoms with Gasteiger partial charge in [-0.1, -0.05) is 0 Å². The smallest absolute Gasteiger partial charge is 0.318 e. The largest absolute Gasteiger partial charge is 0.504 e. The molecule has 2 fully saturated rings. The number of methoxy groups -OCH3 is 1. The molecule has 1 aliphatic carbocycles. The standard InChI is InChI=1S/C15H23NO4.C14H23N3O2/c1-11(2)16(3)15(18)12-6-7-13(17)14(10-12)20-9-5-8-19-4;18-14(16-9-13-2-1-7-19-13)17(12-3-4-12)10-11-5-6-15-8-11/h6-7,10-11,17H,5,8-9H2,1-4H3;2,11-12,15H,1,3-10H2,(H,16,18). The zero-order valence-corrected chi connectivity index (χ0v) is 23.9. The number of phenolic OH excluding ortho intramolecular Hbond substituents is 1. The van der Waals surface area contributed by atoms with E-state index in [0.29, 0.717) is 43.0 Å². The van der Waals surface area contributed by atoms with Crippen LogP contribution in [0.15, 0.2) is 30.0 Å². The second-order valence-corrected chi connectivity index (χ2v) is 10.6. The van der Waals surface area contributed by atoms with E-state index in [1.54, 1.807) is 31.2 Å². The summed E-state index contributed by atoms with van der Waals surface area (Å²) in [6, 6.07) is 5.31. The maximum Gasteiger partial charge on any atom is 0.318 e. The molecule has 10 heteroatoms. The lowest BCUT2D eigenvalue weighted by Gasteiger charge is -2.25. The molecule has 2 heterocycles. The first-order valence-electron chi connectivity index (χ1n) is 14.1. The van der Waals surface area contributed by atoms with Gasteiger partial charge in [0.2, 0.25) is 0 Å². The third-order valence-corrected chi connectivity index (χ3v) is 7.11. The topological polar surface area (TPSA) is 113 Å². The van der Waals surface area contributed by atoms with Crippen molar-refractivity contribution in [3.05, 3.63) is 35.6 Å². The zero-order valence-electron chi connectivity index (χ0n) is 23.9. The van der Waals surface area contributed by atoms with Crippen molar-refractivity contribution in [3.63, 3.8) is 0 Å². The Kier molecular flexibility index (Phi) is 12.2. The SMILES string of the molecule is COCCCOc1cc(C(=O)N(C)C(C)C)ccc1O.O=C(NCC1=CCCO1)N(CC1CCNC1)C1CC1. The van der Waals surface area contributed by atoms with Crippen molar-refractivity contribution in [1.82, 2.24) is 20.4 Å². The van der Waals surface area contributed by atoms with Crippen molar-refractivity contribution < 1.29 is 28.9 Å². The average molecular weight is 547 g/mol. The number of urea groups is 1. The third-order valence-electron chi connectivity index (χ3n) is 7.11. The van der Waals surface area contributed by atoms with E-state index in [0.717, 1.165) is 57.7 Å². The van der Waals surface area contributed by atoms with Crippen LogP contribution in [0.25, 0.3) is 0 Å². The fourth-order valence-electron chi connectivity index (χ4n) is 4.38. The molecular formula is C29H46N4O6. The van der Waals surface area contributed by atoms with E-state index in [1.807, 2.05) is 18.7 Å². The van der Waals surface area contributed by atoms with Crippen molar-refractivity contribution in [3.8, 4) is 11.5 Å². The quantitative estimate of drug-likeness (QED) is 0.345. The first-order chi connectivity index (χ1) is 18.8. The van der Waals surface area contributed by atoms with Gasteiger partial charge in [-0.3, -0.25) is 4.79 Å². The number of carbonyl (C=O) groups excluding carboxylic acids is 2. The number of hydrogen-bond donors (Lipinski definition) is 3. The second-order valence-electron chi connectivity index (χ2n) is 10.6. The van der Waals surface area contributed by atoms with Crippen LogP contribution in [-0.4, -0.2) is 99.1 Å². The minimum absolute atomic E-state index is 0.0335. The van der Waals surface area contributed by atoms with Crippen LogP contribution in [0.3, 0.4) is 0 Å². The Morgan fingerprint density at radius 1 is 1.23 bits per heavy atom. The highest BCUT2D eigenvalue weighted by Gasteiger charge is 2.34. The van der Waals surface area contributed by atoms with Gasteiger partial charge in [0.05, 0.1) is 19.8 Å². The highest BCUT2D eigenvalue weighted by atomic mass is 16.5. The fourth-order valence-corrected chi connectivity index (χ4v) is 4.38. The molecular weight excluding hydrogens is 500 g/mol. The molecule has 1 saturated heterocycles. The van der Waals surface area contributed by atoms with E-state index < -0.39 is 0 Å². The molecule has 39 heavy (non-hydrogen) atoms. The highest BCUT2D eigenvalue weighted by Crippen LogP contribution is 2.29. The molecule has 3 amide bonds. The molecule has 1 atom stereocenters. The van der Waals surface area contributed by atoms with Crippen LogP contribution in [0.5, 0.6) is 11.5 Å². The Labute approximate surface area is 232 Å². The fraction of sp³-hybridized carbons (Fsp3) is 0.655. The van der Waals surface area contributed by atoms with Gasteiger partial charge in [-0.2, -0.15) is 0 Å². The van der Waals surface area contributed by atoms with E-state index in [9.17, 15) is 14.7 Å². The van der Waals surface area contributed by atoms with Gasteiger partial charge in [-0.15, -0.1) is 0 Å². The van der Waals surface area contributed by atoms with Crippen LogP contribution in [0.1, 0.15) is 56.3 Å². The Hall–Kier alpha value is -2.98. The van der Waals surface area contributed by atoms with Crippen molar-refractivity contribution in [2.45, 2.75) is 58.0 Å². The van der Waals surface area contributed by atoms with Crippen LogP contribution >= 0.6 is 0 Å². The van der Waals surface area contributed by atoms with Crippen LogP contribution < -0.4 is 15.4 Å². The summed E-state index contributed by atoms with van der Waals surface area (Å²) in [5.41, 5.74) is 0.501. The van der Waals surface area contributed by atoms with E-state index >= 15 is 0 Å². The number of hydrogen-bond acceptors (Lipinski definition) is 7. The molecule has 1 saturated carbocycles. The number of aromatic hydroxyl groups is 1. The summed E-state index contributed by atoms with van der Waals surface area (Å²) in [4.78, 5) is 28.2. The van der Waals surface area contributed by atoms with Crippen molar-refractivity contribution in [2.24, 2.45) is 5.92 Å². The van der Waals surface area contributed by atoms with Gasteiger partial charge in [-0.05, 0) is 76.4 Å². The van der Waals surface area contributed by atoms with Gasteiger partial charge in [0, 0.05) is 57.8 Å². The summed E-state index contributed by atoms with van der Waals surface area (Å²) in [6.07, 6.45) is 7.25. The first kappa shape index (κ1) is 30.6. The van der Waals surface area contributed by atoms with Gasteiger partial charge in [0.1, 0.15) is 5.76 Å². The molecule has 4 rings (SSSR count). The monoisotopic (exact) mass is 546 g/mol. The molecule has 1 unspecified atom stereocenters. The summed E-state index contributed by atoms with van der Waals surface area (Å²) in [5.74, 6) is 1.79. The molecule has 1 aromatic rings. The Morgan fingerprint density at radius 2 is 2.03 bits per heavy atom. The molecule has 3 N–H and O–H groups in total. The first-order valence-corrected chi connectivity index (χ1v) is 14.1. The number of carbonyl (C=O) groups is 2. The predicted molar refractivity (Wildman–Crippen MR) is 150 cm³/mol. The molecule has 1 aromatic carbocycles. The Bertz CT molecular complexity index is 959. The maximum atomic E-state index is 12.3. The van der Waals surface area contributed by atoms with Gasteiger partial charge < -0.3 is 39.8 Å². The maximum absolute atomic E-state index is 12.3. The van der Waals surface area contributed by atoms with E-state index in [1.165, 1.54) is 12.5 Å². The Morgan fingerprint density at radius 3 is 2.64 bits per heavy atom. The zero-order chi connectivity index (χ0) is 28.2. The van der Waals surface area contributed by atoms with E-state index in [2.05, 4.69) is 16.7 Å². The number of ether oxygens (including phenoxy) is 3. The number of benzene rings is 1. The van der Waals surface area contributed by atoms with Gasteiger partial charge in [0.15, 0.2) is 11.5 Å². The molecule has 10 nitrogen and oxygen atoms in total. The minimum Gasteiger partial charge on any atom is -0.504 e. The van der Waals surface area contributed by atoms with Gasteiger partial charge in [-0.25, -0.2) is 4.79 Å². The number of rotatable bonds is 12. The molecule has 0 bridgehead atoms. The summed E-state index contributed by atoms with van der Waals surface area (Å²) in [6.45, 7) is 9.23. The lowest BCUT2D eigenvalue weighted by molar-refractivity contribution is 0.0754. The van der Waals surface area contributed by atoms with Gasteiger partial charge in [0.25, 0.3) is 5.91 Å². The lowest BCUT2D eigenvalue weighted by Crippen LogP contribution is -2.44. The molecule has 0 radical (unpaired) electrons. The molecule has 0 aromatic heterocycles. The second kappa shape index (κ2) is 15.6. The molecule has 3 aliphatic rings. The molecule has 218 valence electrons. The average Bonchev–Trinajstić information content (AvgIpc) is 3.38. The van der Waals surface area contributed by atoms with Crippen LogP contribution in [0, 0.1) is 5.92 Å². The van der Waals surface area contributed by atoms with Crippen LogP contribution in [-0.2, 0) is 9.47 Å². The summed E-state index contributed by atoms with van der Waals surface area (Å²) in [7, 11) is 3.37. The molecule has 0 spiro atoms. The van der Waals surface area contributed by atoms with E-state index in [4.69, 9.17) is 14.2 Å². The summed E-state index contributed by atoms with van der Waals surface area (Å²) < 4.78 is 15.8. The normalized spacial score (nSPS) is 18.1.